The maximum Gasteiger partial charge on any atom is 0.490 e. The summed E-state index contributed by atoms with van der Waals surface area (Å²) in [5.74, 6) is -2.49. The van der Waals surface area contributed by atoms with Gasteiger partial charge in [-0.05, 0) is 48.4 Å². The predicted octanol–water partition coefficient (Wildman–Crippen LogP) is 3.43. The van der Waals surface area contributed by atoms with Gasteiger partial charge in [0.15, 0.2) is 0 Å². The fraction of sp³-hybridized carbons (Fsp3) is 0.429. The molecule has 1 spiro atoms. The van der Waals surface area contributed by atoms with Crippen molar-refractivity contribution in [3.63, 3.8) is 0 Å². The molecular formula is C21H22F3N3O4S. The summed E-state index contributed by atoms with van der Waals surface area (Å²) in [5.41, 5.74) is 0.709. The van der Waals surface area contributed by atoms with Crippen molar-refractivity contribution >= 4 is 29.1 Å². The minimum Gasteiger partial charge on any atom is -0.475 e. The molecule has 0 aromatic carbocycles. The van der Waals surface area contributed by atoms with Gasteiger partial charge in [-0.15, -0.1) is 11.3 Å². The summed E-state index contributed by atoms with van der Waals surface area (Å²) >= 11 is 1.47. The number of carbonyl (C=O) groups is 3. The van der Waals surface area contributed by atoms with E-state index in [0.717, 1.165) is 42.8 Å². The van der Waals surface area contributed by atoms with Crippen LogP contribution in [0.15, 0.2) is 42.0 Å². The summed E-state index contributed by atoms with van der Waals surface area (Å²) in [6, 6.07) is 7.66. The first kappa shape index (κ1) is 23.7. The van der Waals surface area contributed by atoms with E-state index in [-0.39, 0.29) is 11.8 Å². The summed E-state index contributed by atoms with van der Waals surface area (Å²) in [6.45, 7) is 2.69. The molecule has 2 saturated heterocycles. The Kier molecular flexibility index (Phi) is 7.17. The molecule has 0 bridgehead atoms. The maximum absolute atomic E-state index is 13.1. The van der Waals surface area contributed by atoms with Crippen LogP contribution in [0.4, 0.5) is 13.2 Å². The number of rotatable bonds is 3. The number of nitrogens with zero attached hydrogens (tertiary/aromatic N) is 3. The van der Waals surface area contributed by atoms with Gasteiger partial charge in [-0.25, -0.2) is 4.79 Å². The first-order valence-electron chi connectivity index (χ1n) is 9.93. The fourth-order valence-electron chi connectivity index (χ4n) is 3.99. The van der Waals surface area contributed by atoms with Crippen molar-refractivity contribution in [1.82, 2.24) is 14.8 Å². The van der Waals surface area contributed by atoms with Crippen molar-refractivity contribution < 1.29 is 32.7 Å². The molecule has 2 aliphatic heterocycles. The number of aromatic nitrogens is 1. The third-order valence-electron chi connectivity index (χ3n) is 5.56. The second kappa shape index (κ2) is 9.68. The van der Waals surface area contributed by atoms with E-state index in [4.69, 9.17) is 9.90 Å². The number of likely N-dealkylation sites (tertiary alicyclic amines) is 2. The number of halogens is 3. The Labute approximate surface area is 186 Å². The van der Waals surface area contributed by atoms with E-state index >= 15 is 0 Å². The highest BCUT2D eigenvalue weighted by atomic mass is 32.1. The lowest BCUT2D eigenvalue weighted by molar-refractivity contribution is -0.192. The molecule has 1 N–H and O–H groups in total. The molecule has 1 unspecified atom stereocenters. The minimum atomic E-state index is -5.08. The Morgan fingerprint density at radius 3 is 2.44 bits per heavy atom. The lowest BCUT2D eigenvalue weighted by atomic mass is 9.78. The normalized spacial score (nSPS) is 20.8. The molecule has 2 fully saturated rings. The zero-order valence-electron chi connectivity index (χ0n) is 17.0. The Morgan fingerprint density at radius 1 is 1.16 bits per heavy atom. The van der Waals surface area contributed by atoms with Crippen LogP contribution in [-0.4, -0.2) is 63.5 Å². The molecule has 0 saturated carbocycles. The molecule has 4 heterocycles. The van der Waals surface area contributed by atoms with E-state index in [2.05, 4.69) is 4.98 Å². The molecule has 32 heavy (non-hydrogen) atoms. The first-order valence-corrected chi connectivity index (χ1v) is 10.8. The maximum atomic E-state index is 13.1. The van der Waals surface area contributed by atoms with E-state index in [1.54, 1.807) is 12.4 Å². The number of piperidine rings is 1. The van der Waals surface area contributed by atoms with Crippen LogP contribution in [0.2, 0.25) is 0 Å². The largest absolute Gasteiger partial charge is 0.490 e. The number of carboxylic acids is 1. The molecular weight excluding hydrogens is 447 g/mol. The number of thiophene rings is 1. The molecule has 0 aliphatic carbocycles. The summed E-state index contributed by atoms with van der Waals surface area (Å²) in [7, 11) is 0. The zero-order chi connectivity index (χ0) is 23.4. The molecule has 4 rings (SSSR count). The second-order valence-electron chi connectivity index (χ2n) is 7.72. The fourth-order valence-corrected chi connectivity index (χ4v) is 4.68. The van der Waals surface area contributed by atoms with Crippen molar-refractivity contribution in [2.45, 2.75) is 32.0 Å². The van der Waals surface area contributed by atoms with Crippen molar-refractivity contribution in [2.24, 2.45) is 5.41 Å². The first-order chi connectivity index (χ1) is 15.1. The molecule has 1 atom stereocenters. The van der Waals surface area contributed by atoms with Gasteiger partial charge in [0.05, 0.1) is 10.3 Å². The monoisotopic (exact) mass is 469 g/mol. The Hall–Kier alpha value is -2.95. The highest BCUT2D eigenvalue weighted by molar-refractivity contribution is 7.12. The summed E-state index contributed by atoms with van der Waals surface area (Å²) in [5, 5.41) is 9.05. The molecule has 7 nitrogen and oxygen atoms in total. The molecule has 2 aromatic heterocycles. The van der Waals surface area contributed by atoms with Gasteiger partial charge >= 0.3 is 12.1 Å². The molecule has 2 aromatic rings. The Bertz CT molecular complexity index is 953. The quantitative estimate of drug-likeness (QED) is 0.744. The van der Waals surface area contributed by atoms with Gasteiger partial charge < -0.3 is 14.9 Å². The third kappa shape index (κ3) is 5.45. The Balaban J connectivity index is 0.000000360. The van der Waals surface area contributed by atoms with Crippen LogP contribution < -0.4 is 0 Å². The SMILES string of the molecule is O=C(O)C(F)(F)F.O=C(c1cccs1)N1CCCC2(CCN(Cc3ccncc3)C2=O)C1. The second-order valence-corrected chi connectivity index (χ2v) is 8.67. The van der Waals surface area contributed by atoms with Crippen molar-refractivity contribution in [3.8, 4) is 0 Å². The van der Waals surface area contributed by atoms with Crippen LogP contribution in [0.25, 0.3) is 0 Å². The van der Waals surface area contributed by atoms with Gasteiger partial charge in [0.25, 0.3) is 5.91 Å². The summed E-state index contributed by atoms with van der Waals surface area (Å²) in [6.07, 6.45) is 1.05. The number of aliphatic carboxylic acids is 1. The number of carbonyl (C=O) groups excluding carboxylic acids is 2. The van der Waals surface area contributed by atoms with Crippen molar-refractivity contribution in [1.29, 1.82) is 0 Å². The van der Waals surface area contributed by atoms with Crippen molar-refractivity contribution in [2.75, 3.05) is 19.6 Å². The third-order valence-corrected chi connectivity index (χ3v) is 6.42. The number of hydrogen-bond donors (Lipinski definition) is 1. The topological polar surface area (TPSA) is 90.8 Å². The average molecular weight is 469 g/mol. The standard InChI is InChI=1S/C19H21N3O2S.C2HF3O2/c23-17(16-3-1-12-25-16)22-10-2-6-19(14-22)7-11-21(18(19)24)13-15-4-8-20-9-5-15;3-2(4,5)1(6)7/h1,3-5,8-9,12H,2,6-7,10-11,13-14H2;(H,6,7). The minimum absolute atomic E-state index is 0.0643. The number of alkyl halides is 3. The number of carboxylic acid groups (broad SMARTS) is 1. The lowest BCUT2D eigenvalue weighted by Gasteiger charge is -2.38. The van der Waals surface area contributed by atoms with E-state index in [0.29, 0.717) is 13.1 Å². The van der Waals surface area contributed by atoms with Crippen LogP contribution in [-0.2, 0) is 16.1 Å². The van der Waals surface area contributed by atoms with Crippen LogP contribution in [0, 0.1) is 5.41 Å². The van der Waals surface area contributed by atoms with Gasteiger partial charge in [0.2, 0.25) is 5.91 Å². The van der Waals surface area contributed by atoms with Crippen LogP contribution in [0.5, 0.6) is 0 Å². The van der Waals surface area contributed by atoms with Crippen LogP contribution in [0.1, 0.15) is 34.5 Å². The van der Waals surface area contributed by atoms with E-state index in [1.807, 2.05) is 39.4 Å². The van der Waals surface area contributed by atoms with Crippen molar-refractivity contribution in [3.05, 3.63) is 52.5 Å². The molecule has 172 valence electrons. The van der Waals surface area contributed by atoms with Gasteiger partial charge in [0, 0.05) is 38.6 Å². The van der Waals surface area contributed by atoms with E-state index < -0.39 is 17.6 Å². The van der Waals surface area contributed by atoms with Gasteiger partial charge in [-0.2, -0.15) is 13.2 Å². The zero-order valence-corrected chi connectivity index (χ0v) is 17.9. The van der Waals surface area contributed by atoms with Gasteiger partial charge in [-0.3, -0.25) is 14.6 Å². The van der Waals surface area contributed by atoms with Crippen LogP contribution in [0.3, 0.4) is 0 Å². The molecule has 11 heteroatoms. The highest BCUT2D eigenvalue weighted by Crippen LogP contribution is 2.41. The van der Waals surface area contributed by atoms with E-state index in [1.165, 1.54) is 11.3 Å². The van der Waals surface area contributed by atoms with E-state index in [9.17, 15) is 22.8 Å². The number of pyridine rings is 1. The van der Waals surface area contributed by atoms with Gasteiger partial charge in [0.1, 0.15) is 0 Å². The number of hydrogen-bond acceptors (Lipinski definition) is 5. The highest BCUT2D eigenvalue weighted by Gasteiger charge is 2.49. The molecule has 2 amide bonds. The Morgan fingerprint density at radius 2 is 1.84 bits per heavy atom. The number of amides is 2. The summed E-state index contributed by atoms with van der Waals surface area (Å²) < 4.78 is 31.7. The molecule has 0 radical (unpaired) electrons. The average Bonchev–Trinajstić information content (AvgIpc) is 3.39. The van der Waals surface area contributed by atoms with Gasteiger partial charge in [-0.1, -0.05) is 6.07 Å². The smallest absolute Gasteiger partial charge is 0.475 e. The van der Waals surface area contributed by atoms with Crippen LogP contribution >= 0.6 is 11.3 Å². The lowest BCUT2D eigenvalue weighted by Crippen LogP contribution is -2.49. The summed E-state index contributed by atoms with van der Waals surface area (Å²) in [4.78, 5) is 43.3. The molecule has 2 aliphatic rings. The predicted molar refractivity (Wildman–Crippen MR) is 110 cm³/mol.